The van der Waals surface area contributed by atoms with E-state index >= 15 is 0 Å². The molecule has 0 radical (unpaired) electrons. The van der Waals surface area contributed by atoms with Crippen molar-refractivity contribution in [1.82, 2.24) is 4.98 Å². The van der Waals surface area contributed by atoms with Crippen LogP contribution in [0, 0.1) is 25.2 Å². The molecule has 0 aliphatic heterocycles. The number of nitrogens with two attached hydrogens (primary N) is 1. The lowest BCUT2D eigenvalue weighted by Crippen LogP contribution is -2.31. The summed E-state index contributed by atoms with van der Waals surface area (Å²) in [4.78, 5) is 4.66. The van der Waals surface area contributed by atoms with E-state index in [9.17, 15) is 0 Å². The molecular weight excluding hydrogens is 248 g/mol. The number of rotatable bonds is 5. The Bertz CT molecular complexity index is 472. The number of pyridine rings is 1. The van der Waals surface area contributed by atoms with Gasteiger partial charge in [-0.05, 0) is 57.4 Å². The molecule has 0 spiro atoms. The number of methoxy groups -OCH3 is 1. The fourth-order valence-electron chi connectivity index (χ4n) is 3.70. The molecule has 0 amide bonds. The minimum atomic E-state index is 0.249. The summed E-state index contributed by atoms with van der Waals surface area (Å²) in [5.74, 6) is 1.82. The number of hydrogen-bond donors (Lipinski definition) is 1. The highest BCUT2D eigenvalue weighted by atomic mass is 16.5. The smallest absolute Gasteiger partial charge is 0.128 e. The van der Waals surface area contributed by atoms with Gasteiger partial charge in [-0.25, -0.2) is 0 Å². The van der Waals surface area contributed by atoms with Crippen molar-refractivity contribution in [3.8, 4) is 5.75 Å². The molecule has 112 valence electrons. The van der Waals surface area contributed by atoms with Crippen molar-refractivity contribution in [2.45, 2.75) is 52.9 Å². The highest BCUT2D eigenvalue weighted by Crippen LogP contribution is 2.45. The molecule has 1 saturated carbocycles. The van der Waals surface area contributed by atoms with E-state index in [1.165, 1.54) is 31.2 Å². The third-order valence-electron chi connectivity index (χ3n) is 5.11. The molecule has 2 N–H and O–H groups in total. The molecule has 2 unspecified atom stereocenters. The summed E-state index contributed by atoms with van der Waals surface area (Å²) in [6.45, 7) is 7.21. The van der Waals surface area contributed by atoms with Gasteiger partial charge in [0.15, 0.2) is 0 Å². The second-order valence-corrected chi connectivity index (χ2v) is 6.44. The third kappa shape index (κ3) is 2.83. The van der Waals surface area contributed by atoms with Crippen LogP contribution < -0.4 is 10.5 Å². The van der Waals surface area contributed by atoms with Gasteiger partial charge in [-0.3, -0.25) is 4.98 Å². The molecule has 1 fully saturated rings. The minimum absolute atomic E-state index is 0.249. The summed E-state index contributed by atoms with van der Waals surface area (Å²) in [5.41, 5.74) is 9.82. The standard InChI is InChI=1S/C17H28N2O/c1-5-14-6-7-17(8-14,11-18)9-15-13(3)16(20-4)12(2)10-19-15/h10,14H,5-9,11,18H2,1-4H3. The van der Waals surface area contributed by atoms with Crippen LogP contribution in [0.4, 0.5) is 0 Å². The van der Waals surface area contributed by atoms with Gasteiger partial charge in [-0.15, -0.1) is 0 Å². The first-order chi connectivity index (χ1) is 9.55. The van der Waals surface area contributed by atoms with Crippen molar-refractivity contribution in [1.29, 1.82) is 0 Å². The Morgan fingerprint density at radius 2 is 2.20 bits per heavy atom. The van der Waals surface area contributed by atoms with Gasteiger partial charge in [0.05, 0.1) is 7.11 Å². The normalized spacial score (nSPS) is 25.9. The SMILES string of the molecule is CCC1CCC(CN)(Cc2ncc(C)c(OC)c2C)C1. The summed E-state index contributed by atoms with van der Waals surface area (Å²) >= 11 is 0. The molecule has 20 heavy (non-hydrogen) atoms. The Balaban J connectivity index is 2.25. The van der Waals surface area contributed by atoms with Crippen LogP contribution in [-0.2, 0) is 6.42 Å². The molecule has 3 nitrogen and oxygen atoms in total. The number of aryl methyl sites for hydroxylation is 1. The average Bonchev–Trinajstić information content (AvgIpc) is 2.87. The number of aromatic nitrogens is 1. The van der Waals surface area contributed by atoms with Crippen LogP contribution >= 0.6 is 0 Å². The van der Waals surface area contributed by atoms with Crippen LogP contribution in [-0.4, -0.2) is 18.6 Å². The Morgan fingerprint density at radius 1 is 1.45 bits per heavy atom. The van der Waals surface area contributed by atoms with E-state index in [-0.39, 0.29) is 5.41 Å². The van der Waals surface area contributed by atoms with Crippen LogP contribution in [0.2, 0.25) is 0 Å². The molecule has 1 aromatic rings. The second-order valence-electron chi connectivity index (χ2n) is 6.44. The van der Waals surface area contributed by atoms with E-state index in [1.807, 2.05) is 13.1 Å². The topological polar surface area (TPSA) is 48.1 Å². The average molecular weight is 276 g/mol. The zero-order chi connectivity index (χ0) is 14.8. The van der Waals surface area contributed by atoms with Crippen LogP contribution in [0.3, 0.4) is 0 Å². The molecule has 1 aliphatic carbocycles. The maximum Gasteiger partial charge on any atom is 0.128 e. The number of ether oxygens (including phenoxy) is 1. The molecule has 0 bridgehead atoms. The monoisotopic (exact) mass is 276 g/mol. The Labute approximate surface area is 122 Å². The largest absolute Gasteiger partial charge is 0.496 e. The highest BCUT2D eigenvalue weighted by Gasteiger charge is 2.38. The molecule has 2 rings (SSSR count). The van der Waals surface area contributed by atoms with Gasteiger partial charge in [-0.1, -0.05) is 13.3 Å². The van der Waals surface area contributed by atoms with Crippen molar-refractivity contribution >= 4 is 0 Å². The van der Waals surface area contributed by atoms with Crippen molar-refractivity contribution in [3.05, 3.63) is 23.0 Å². The first-order valence-corrected chi connectivity index (χ1v) is 7.74. The zero-order valence-corrected chi connectivity index (χ0v) is 13.3. The van der Waals surface area contributed by atoms with Gasteiger partial charge in [0.2, 0.25) is 0 Å². The highest BCUT2D eigenvalue weighted by molar-refractivity contribution is 5.41. The van der Waals surface area contributed by atoms with Gasteiger partial charge in [0.25, 0.3) is 0 Å². The summed E-state index contributed by atoms with van der Waals surface area (Å²) < 4.78 is 5.52. The van der Waals surface area contributed by atoms with E-state index in [0.717, 1.165) is 35.9 Å². The van der Waals surface area contributed by atoms with Gasteiger partial charge >= 0.3 is 0 Å². The predicted molar refractivity (Wildman–Crippen MR) is 83.1 cm³/mol. The molecule has 1 aliphatic rings. The van der Waals surface area contributed by atoms with Gasteiger partial charge < -0.3 is 10.5 Å². The van der Waals surface area contributed by atoms with Crippen molar-refractivity contribution < 1.29 is 4.74 Å². The first-order valence-electron chi connectivity index (χ1n) is 7.74. The van der Waals surface area contributed by atoms with Crippen molar-refractivity contribution in [3.63, 3.8) is 0 Å². The summed E-state index contributed by atoms with van der Waals surface area (Å²) in [6.07, 6.45) is 7.98. The van der Waals surface area contributed by atoms with E-state index in [4.69, 9.17) is 10.5 Å². The molecule has 0 saturated heterocycles. The van der Waals surface area contributed by atoms with Crippen LogP contribution in [0.5, 0.6) is 5.75 Å². The minimum Gasteiger partial charge on any atom is -0.496 e. The lowest BCUT2D eigenvalue weighted by Gasteiger charge is -2.28. The Morgan fingerprint density at radius 3 is 2.75 bits per heavy atom. The van der Waals surface area contributed by atoms with Crippen LogP contribution in [0.1, 0.15) is 49.4 Å². The van der Waals surface area contributed by atoms with Crippen molar-refractivity contribution in [2.24, 2.45) is 17.1 Å². The fraction of sp³-hybridized carbons (Fsp3) is 0.706. The quantitative estimate of drug-likeness (QED) is 0.896. The van der Waals surface area contributed by atoms with Gasteiger partial charge in [0, 0.05) is 23.0 Å². The second kappa shape index (κ2) is 6.13. The lowest BCUT2D eigenvalue weighted by molar-refractivity contribution is 0.286. The Kier molecular flexibility index (Phi) is 4.69. The molecule has 1 heterocycles. The van der Waals surface area contributed by atoms with E-state index in [2.05, 4.69) is 18.8 Å². The van der Waals surface area contributed by atoms with Gasteiger partial charge in [-0.2, -0.15) is 0 Å². The van der Waals surface area contributed by atoms with E-state index in [0.29, 0.717) is 0 Å². The summed E-state index contributed by atoms with van der Waals surface area (Å²) in [6, 6.07) is 0. The Hall–Kier alpha value is -1.09. The maximum atomic E-state index is 6.13. The van der Waals surface area contributed by atoms with E-state index < -0.39 is 0 Å². The molecule has 1 aromatic heterocycles. The maximum absolute atomic E-state index is 6.13. The van der Waals surface area contributed by atoms with Crippen LogP contribution in [0.15, 0.2) is 6.20 Å². The lowest BCUT2D eigenvalue weighted by atomic mass is 9.79. The first kappa shape index (κ1) is 15.3. The van der Waals surface area contributed by atoms with Crippen molar-refractivity contribution in [2.75, 3.05) is 13.7 Å². The van der Waals surface area contributed by atoms with E-state index in [1.54, 1.807) is 7.11 Å². The third-order valence-corrected chi connectivity index (χ3v) is 5.11. The van der Waals surface area contributed by atoms with Crippen LogP contribution in [0.25, 0.3) is 0 Å². The van der Waals surface area contributed by atoms with Gasteiger partial charge in [0.1, 0.15) is 5.75 Å². The number of hydrogen-bond acceptors (Lipinski definition) is 3. The summed E-state index contributed by atoms with van der Waals surface area (Å²) in [7, 11) is 1.74. The fourth-order valence-corrected chi connectivity index (χ4v) is 3.70. The molecule has 3 heteroatoms. The molecule has 2 atom stereocenters. The molecular formula is C17H28N2O. The summed E-state index contributed by atoms with van der Waals surface area (Å²) in [5, 5.41) is 0. The molecule has 0 aromatic carbocycles. The predicted octanol–water partition coefficient (Wildman–Crippen LogP) is 3.40. The zero-order valence-electron chi connectivity index (χ0n) is 13.3. The number of nitrogens with zero attached hydrogens (tertiary/aromatic N) is 1.